The molecule has 0 fully saturated rings. The standard InChI is InChI=1S/C7H13N/c1-3-5-7(4-2)6-8/h4,6,8H,3,5H2,1-2H3/b7-4-,8-6?. The Balaban J connectivity index is 3.54. The van der Waals surface area contributed by atoms with Crippen LogP contribution in [0.3, 0.4) is 0 Å². The number of allylic oxidation sites excluding steroid dienone is 2. The van der Waals surface area contributed by atoms with E-state index in [1.165, 1.54) is 6.21 Å². The van der Waals surface area contributed by atoms with E-state index < -0.39 is 0 Å². The summed E-state index contributed by atoms with van der Waals surface area (Å²) in [5, 5.41) is 6.87. The molecular weight excluding hydrogens is 98.1 g/mol. The largest absolute Gasteiger partial charge is 0.308 e. The van der Waals surface area contributed by atoms with Crippen LogP contribution in [0, 0.1) is 5.41 Å². The molecule has 0 heterocycles. The highest BCUT2D eigenvalue weighted by molar-refractivity contribution is 5.75. The van der Waals surface area contributed by atoms with Crippen LogP contribution in [0.5, 0.6) is 0 Å². The third-order valence-corrected chi connectivity index (χ3v) is 1.09. The Kier molecular flexibility index (Phi) is 4.23. The maximum atomic E-state index is 6.87. The Hall–Kier alpha value is -0.590. The van der Waals surface area contributed by atoms with Gasteiger partial charge in [-0.2, -0.15) is 0 Å². The Morgan fingerprint density at radius 1 is 1.62 bits per heavy atom. The minimum Gasteiger partial charge on any atom is -0.308 e. The van der Waals surface area contributed by atoms with E-state index in [-0.39, 0.29) is 0 Å². The number of hydrogen-bond acceptors (Lipinski definition) is 1. The van der Waals surface area contributed by atoms with Gasteiger partial charge in [0, 0.05) is 6.21 Å². The van der Waals surface area contributed by atoms with Gasteiger partial charge in [-0.3, -0.25) is 0 Å². The Bertz CT molecular complexity index is 92.6. The van der Waals surface area contributed by atoms with Gasteiger partial charge >= 0.3 is 0 Å². The van der Waals surface area contributed by atoms with Crippen molar-refractivity contribution in [3.8, 4) is 0 Å². The van der Waals surface area contributed by atoms with E-state index in [4.69, 9.17) is 5.41 Å². The smallest absolute Gasteiger partial charge is 0.0206 e. The molecule has 0 bridgehead atoms. The van der Waals surface area contributed by atoms with Gasteiger partial charge in [0.05, 0.1) is 0 Å². The molecule has 0 saturated heterocycles. The minimum atomic E-state index is 1.04. The van der Waals surface area contributed by atoms with Crippen molar-refractivity contribution in [1.29, 1.82) is 5.41 Å². The van der Waals surface area contributed by atoms with Crippen molar-refractivity contribution in [2.24, 2.45) is 0 Å². The van der Waals surface area contributed by atoms with Crippen molar-refractivity contribution < 1.29 is 0 Å². The van der Waals surface area contributed by atoms with Crippen LogP contribution in [-0.4, -0.2) is 6.21 Å². The zero-order chi connectivity index (χ0) is 6.41. The summed E-state index contributed by atoms with van der Waals surface area (Å²) in [6.07, 6.45) is 5.58. The third kappa shape index (κ3) is 2.56. The van der Waals surface area contributed by atoms with E-state index in [0.29, 0.717) is 0 Å². The number of rotatable bonds is 3. The summed E-state index contributed by atoms with van der Waals surface area (Å²) in [5.74, 6) is 0. The van der Waals surface area contributed by atoms with Crippen molar-refractivity contribution >= 4 is 6.21 Å². The molecule has 0 saturated carbocycles. The Morgan fingerprint density at radius 3 is 2.38 bits per heavy atom. The Labute approximate surface area is 50.9 Å². The van der Waals surface area contributed by atoms with Crippen LogP contribution >= 0.6 is 0 Å². The zero-order valence-corrected chi connectivity index (χ0v) is 5.57. The summed E-state index contributed by atoms with van der Waals surface area (Å²) in [4.78, 5) is 0. The van der Waals surface area contributed by atoms with E-state index in [1.54, 1.807) is 0 Å². The first-order valence-corrected chi connectivity index (χ1v) is 3.00. The van der Waals surface area contributed by atoms with Gasteiger partial charge in [-0.05, 0) is 18.9 Å². The lowest BCUT2D eigenvalue weighted by Gasteiger charge is -1.92. The molecule has 0 aliphatic rings. The van der Waals surface area contributed by atoms with Crippen LogP contribution < -0.4 is 0 Å². The first-order valence-electron chi connectivity index (χ1n) is 3.00. The van der Waals surface area contributed by atoms with Crippen LogP contribution in [0.25, 0.3) is 0 Å². The second-order valence-electron chi connectivity index (χ2n) is 1.76. The summed E-state index contributed by atoms with van der Waals surface area (Å²) in [6.45, 7) is 4.09. The monoisotopic (exact) mass is 111 g/mol. The van der Waals surface area contributed by atoms with Gasteiger partial charge in [0.25, 0.3) is 0 Å². The first kappa shape index (κ1) is 7.41. The van der Waals surface area contributed by atoms with E-state index >= 15 is 0 Å². The van der Waals surface area contributed by atoms with Crippen molar-refractivity contribution in [1.82, 2.24) is 0 Å². The average Bonchev–Trinajstić information content (AvgIpc) is 1.83. The first-order chi connectivity index (χ1) is 3.85. The summed E-state index contributed by atoms with van der Waals surface area (Å²) in [5.41, 5.74) is 1.13. The fraction of sp³-hybridized carbons (Fsp3) is 0.571. The van der Waals surface area contributed by atoms with Crippen molar-refractivity contribution in [3.63, 3.8) is 0 Å². The highest BCUT2D eigenvalue weighted by Crippen LogP contribution is 1.99. The summed E-state index contributed by atoms with van der Waals surface area (Å²) in [6, 6.07) is 0. The molecule has 0 atom stereocenters. The normalized spacial score (nSPS) is 11.5. The Morgan fingerprint density at radius 2 is 2.25 bits per heavy atom. The van der Waals surface area contributed by atoms with Crippen LogP contribution in [0.1, 0.15) is 26.7 Å². The van der Waals surface area contributed by atoms with Gasteiger partial charge in [-0.15, -0.1) is 0 Å². The third-order valence-electron chi connectivity index (χ3n) is 1.09. The molecule has 0 aromatic heterocycles. The zero-order valence-electron chi connectivity index (χ0n) is 5.57. The molecule has 0 unspecified atom stereocenters. The molecular formula is C7H13N. The van der Waals surface area contributed by atoms with Crippen molar-refractivity contribution in [2.45, 2.75) is 26.7 Å². The predicted octanol–water partition coefficient (Wildman–Crippen LogP) is 2.38. The maximum absolute atomic E-state index is 6.87. The van der Waals surface area contributed by atoms with Gasteiger partial charge < -0.3 is 5.41 Å². The molecule has 0 spiro atoms. The summed E-state index contributed by atoms with van der Waals surface area (Å²) < 4.78 is 0. The minimum absolute atomic E-state index is 1.04. The number of nitrogens with one attached hydrogen (secondary N) is 1. The van der Waals surface area contributed by atoms with Crippen LogP contribution in [0.2, 0.25) is 0 Å². The van der Waals surface area contributed by atoms with Crippen molar-refractivity contribution in [2.75, 3.05) is 0 Å². The molecule has 0 aromatic rings. The van der Waals surface area contributed by atoms with Gasteiger partial charge in [0.15, 0.2) is 0 Å². The van der Waals surface area contributed by atoms with E-state index in [9.17, 15) is 0 Å². The molecule has 0 rings (SSSR count). The SMILES string of the molecule is C/C=C(\C=N)CCC. The summed E-state index contributed by atoms with van der Waals surface area (Å²) >= 11 is 0. The molecule has 1 nitrogen and oxygen atoms in total. The molecule has 1 N–H and O–H groups in total. The molecule has 8 heavy (non-hydrogen) atoms. The lowest BCUT2D eigenvalue weighted by atomic mass is 10.2. The molecule has 46 valence electrons. The van der Waals surface area contributed by atoms with Crippen molar-refractivity contribution in [3.05, 3.63) is 11.6 Å². The van der Waals surface area contributed by atoms with Gasteiger partial charge in [0.2, 0.25) is 0 Å². The van der Waals surface area contributed by atoms with Crippen LogP contribution in [-0.2, 0) is 0 Å². The average molecular weight is 111 g/mol. The fourth-order valence-electron chi connectivity index (χ4n) is 0.589. The lowest BCUT2D eigenvalue weighted by molar-refractivity contribution is 0.936. The second kappa shape index (κ2) is 4.57. The predicted molar refractivity (Wildman–Crippen MR) is 37.4 cm³/mol. The van der Waals surface area contributed by atoms with Gasteiger partial charge in [-0.1, -0.05) is 19.4 Å². The molecule has 0 radical (unpaired) electrons. The van der Waals surface area contributed by atoms with Gasteiger partial charge in [0.1, 0.15) is 0 Å². The maximum Gasteiger partial charge on any atom is 0.0206 e. The molecule has 0 aromatic carbocycles. The molecule has 1 heteroatoms. The molecule has 0 aliphatic carbocycles. The second-order valence-corrected chi connectivity index (χ2v) is 1.76. The van der Waals surface area contributed by atoms with E-state index in [0.717, 1.165) is 18.4 Å². The van der Waals surface area contributed by atoms with E-state index in [1.807, 2.05) is 13.0 Å². The van der Waals surface area contributed by atoms with Gasteiger partial charge in [-0.25, -0.2) is 0 Å². The highest BCUT2D eigenvalue weighted by Gasteiger charge is 1.84. The lowest BCUT2D eigenvalue weighted by Crippen LogP contribution is -1.80. The van der Waals surface area contributed by atoms with Crippen LogP contribution in [0.4, 0.5) is 0 Å². The highest BCUT2D eigenvalue weighted by atomic mass is 14.3. The quantitative estimate of drug-likeness (QED) is 0.541. The van der Waals surface area contributed by atoms with Crippen LogP contribution in [0.15, 0.2) is 11.6 Å². The topological polar surface area (TPSA) is 23.9 Å². The van der Waals surface area contributed by atoms with E-state index in [2.05, 4.69) is 6.92 Å². The number of hydrogen-bond donors (Lipinski definition) is 1. The fourth-order valence-corrected chi connectivity index (χ4v) is 0.589. The molecule has 0 amide bonds. The molecule has 0 aliphatic heterocycles. The summed E-state index contributed by atoms with van der Waals surface area (Å²) in [7, 11) is 0.